The molecule has 0 amide bonds. The third-order valence-corrected chi connectivity index (χ3v) is 4.18. The topological polar surface area (TPSA) is 52.6 Å². The summed E-state index contributed by atoms with van der Waals surface area (Å²) in [6.45, 7) is 1.97. The zero-order valence-electron chi connectivity index (χ0n) is 15.7. The van der Waals surface area contributed by atoms with Crippen LogP contribution in [-0.4, -0.2) is 18.9 Å². The molecule has 0 aliphatic carbocycles. The highest BCUT2D eigenvalue weighted by Crippen LogP contribution is 2.22. The van der Waals surface area contributed by atoms with Crippen LogP contribution in [-0.2, 0) is 0 Å². The Labute approximate surface area is 164 Å². The van der Waals surface area contributed by atoms with Gasteiger partial charge in [0.1, 0.15) is 11.5 Å². The average Bonchev–Trinajstić information content (AvgIpc) is 2.73. The number of hydrogen-bond acceptors (Lipinski definition) is 4. The molecule has 0 aromatic heterocycles. The molecule has 0 aliphatic rings. The van der Waals surface area contributed by atoms with Gasteiger partial charge in [-0.25, -0.2) is 4.79 Å². The summed E-state index contributed by atoms with van der Waals surface area (Å²) in [5.41, 5.74) is 2.72. The second kappa shape index (κ2) is 8.82. The molecule has 3 aromatic rings. The molecule has 0 saturated heterocycles. The molecule has 0 atom stereocenters. The standard InChI is InChI=1S/C24H20O4/c1-17-10-12-18(13-11-17)22(25)15-14-19-6-3-4-9-23(19)28-24(26)20-7-5-8-21(16-20)27-2/h3-16H,1-2H3. The van der Waals surface area contributed by atoms with E-state index < -0.39 is 5.97 Å². The number of rotatable bonds is 6. The fourth-order valence-corrected chi connectivity index (χ4v) is 2.60. The van der Waals surface area contributed by atoms with Crippen LogP contribution >= 0.6 is 0 Å². The van der Waals surface area contributed by atoms with Gasteiger partial charge in [-0.05, 0) is 43.3 Å². The van der Waals surface area contributed by atoms with Crippen LogP contribution in [0.3, 0.4) is 0 Å². The van der Waals surface area contributed by atoms with Gasteiger partial charge in [0.15, 0.2) is 5.78 Å². The molecule has 0 spiro atoms. The maximum atomic E-state index is 12.5. The predicted molar refractivity (Wildman–Crippen MR) is 109 cm³/mol. The van der Waals surface area contributed by atoms with Crippen LogP contribution < -0.4 is 9.47 Å². The van der Waals surface area contributed by atoms with Crippen molar-refractivity contribution in [2.24, 2.45) is 0 Å². The summed E-state index contributed by atoms with van der Waals surface area (Å²) < 4.78 is 10.7. The molecule has 4 heteroatoms. The highest BCUT2D eigenvalue weighted by Gasteiger charge is 2.11. The lowest BCUT2D eigenvalue weighted by Crippen LogP contribution is -2.09. The molecule has 0 fully saturated rings. The molecule has 0 radical (unpaired) electrons. The Bertz CT molecular complexity index is 1020. The predicted octanol–water partition coefficient (Wildman–Crippen LogP) is 5.12. The fraction of sp³-hybridized carbons (Fsp3) is 0.0833. The molecule has 4 nitrogen and oxygen atoms in total. The molecule has 0 N–H and O–H groups in total. The van der Waals surface area contributed by atoms with E-state index in [2.05, 4.69) is 0 Å². The SMILES string of the molecule is COc1cccc(C(=O)Oc2ccccc2C=CC(=O)c2ccc(C)cc2)c1. The number of esters is 1. The Kier molecular flexibility index (Phi) is 6.02. The van der Waals surface area contributed by atoms with Crippen molar-refractivity contribution in [3.63, 3.8) is 0 Å². The minimum Gasteiger partial charge on any atom is -0.497 e. The van der Waals surface area contributed by atoms with Gasteiger partial charge in [-0.3, -0.25) is 4.79 Å². The van der Waals surface area contributed by atoms with E-state index in [1.165, 1.54) is 13.2 Å². The Morgan fingerprint density at radius 2 is 1.61 bits per heavy atom. The first kappa shape index (κ1) is 19.1. The summed E-state index contributed by atoms with van der Waals surface area (Å²) in [6.07, 6.45) is 3.12. The van der Waals surface area contributed by atoms with Crippen molar-refractivity contribution in [1.29, 1.82) is 0 Å². The lowest BCUT2D eigenvalue weighted by Gasteiger charge is -2.08. The van der Waals surface area contributed by atoms with E-state index in [1.54, 1.807) is 60.7 Å². The van der Waals surface area contributed by atoms with Crippen molar-refractivity contribution >= 4 is 17.8 Å². The Hall–Kier alpha value is -3.66. The highest BCUT2D eigenvalue weighted by molar-refractivity contribution is 6.07. The zero-order chi connectivity index (χ0) is 19.9. The lowest BCUT2D eigenvalue weighted by molar-refractivity contribution is 0.0734. The van der Waals surface area contributed by atoms with E-state index in [0.29, 0.717) is 28.2 Å². The van der Waals surface area contributed by atoms with Gasteiger partial charge in [0.2, 0.25) is 0 Å². The Morgan fingerprint density at radius 3 is 2.36 bits per heavy atom. The third-order valence-electron chi connectivity index (χ3n) is 4.18. The normalized spacial score (nSPS) is 10.6. The summed E-state index contributed by atoms with van der Waals surface area (Å²) in [5, 5.41) is 0. The van der Waals surface area contributed by atoms with E-state index in [-0.39, 0.29) is 5.78 Å². The van der Waals surface area contributed by atoms with Crippen LogP contribution in [0.2, 0.25) is 0 Å². The van der Waals surface area contributed by atoms with E-state index in [0.717, 1.165) is 5.56 Å². The maximum absolute atomic E-state index is 12.5. The molecule has 0 heterocycles. The van der Waals surface area contributed by atoms with Crippen molar-refractivity contribution in [2.45, 2.75) is 6.92 Å². The molecule has 140 valence electrons. The van der Waals surface area contributed by atoms with E-state index in [9.17, 15) is 9.59 Å². The van der Waals surface area contributed by atoms with Crippen LogP contribution in [0.5, 0.6) is 11.5 Å². The molecule has 0 saturated carbocycles. The van der Waals surface area contributed by atoms with Crippen molar-refractivity contribution < 1.29 is 19.1 Å². The van der Waals surface area contributed by atoms with Crippen LogP contribution in [0.1, 0.15) is 31.8 Å². The number of hydrogen-bond donors (Lipinski definition) is 0. The van der Waals surface area contributed by atoms with Gasteiger partial charge in [0, 0.05) is 11.1 Å². The number of benzene rings is 3. The smallest absolute Gasteiger partial charge is 0.343 e. The Morgan fingerprint density at radius 1 is 0.857 bits per heavy atom. The molecule has 0 aliphatic heterocycles. The van der Waals surface area contributed by atoms with E-state index >= 15 is 0 Å². The van der Waals surface area contributed by atoms with Crippen LogP contribution in [0.4, 0.5) is 0 Å². The zero-order valence-corrected chi connectivity index (χ0v) is 15.7. The fourth-order valence-electron chi connectivity index (χ4n) is 2.60. The van der Waals surface area contributed by atoms with Crippen molar-refractivity contribution in [3.8, 4) is 11.5 Å². The van der Waals surface area contributed by atoms with Gasteiger partial charge in [-0.15, -0.1) is 0 Å². The Balaban J connectivity index is 1.78. The number of ether oxygens (including phenoxy) is 2. The van der Waals surface area contributed by atoms with E-state index in [4.69, 9.17) is 9.47 Å². The number of carbonyl (C=O) groups excluding carboxylic acids is 2. The maximum Gasteiger partial charge on any atom is 0.343 e. The third kappa shape index (κ3) is 4.74. The average molecular weight is 372 g/mol. The lowest BCUT2D eigenvalue weighted by atomic mass is 10.1. The minimum atomic E-state index is -0.496. The van der Waals surface area contributed by atoms with Gasteiger partial charge in [0.05, 0.1) is 12.7 Å². The molecule has 0 unspecified atom stereocenters. The highest BCUT2D eigenvalue weighted by atomic mass is 16.5. The van der Waals surface area contributed by atoms with Gasteiger partial charge in [-0.2, -0.15) is 0 Å². The number of para-hydroxylation sites is 1. The molecular formula is C24H20O4. The molecular weight excluding hydrogens is 352 g/mol. The van der Waals surface area contributed by atoms with Gasteiger partial charge < -0.3 is 9.47 Å². The first-order valence-electron chi connectivity index (χ1n) is 8.81. The molecule has 28 heavy (non-hydrogen) atoms. The monoisotopic (exact) mass is 372 g/mol. The quantitative estimate of drug-likeness (QED) is 0.261. The number of allylic oxidation sites excluding steroid dienone is 1. The molecule has 3 aromatic carbocycles. The number of aryl methyl sites for hydroxylation is 1. The first-order chi connectivity index (χ1) is 13.6. The second-order valence-electron chi connectivity index (χ2n) is 6.22. The summed E-state index contributed by atoms with van der Waals surface area (Å²) in [7, 11) is 1.54. The first-order valence-corrected chi connectivity index (χ1v) is 8.81. The van der Waals surface area contributed by atoms with Crippen LogP contribution in [0, 0.1) is 6.92 Å². The van der Waals surface area contributed by atoms with Gasteiger partial charge in [-0.1, -0.05) is 54.1 Å². The summed E-state index contributed by atoms with van der Waals surface area (Å²) in [5.74, 6) is 0.341. The van der Waals surface area contributed by atoms with Gasteiger partial charge in [0.25, 0.3) is 0 Å². The van der Waals surface area contributed by atoms with Crippen molar-refractivity contribution in [3.05, 3.63) is 101 Å². The summed E-state index contributed by atoms with van der Waals surface area (Å²) in [4.78, 5) is 24.8. The number of carbonyl (C=O) groups is 2. The number of methoxy groups -OCH3 is 1. The molecule has 0 bridgehead atoms. The van der Waals surface area contributed by atoms with Crippen molar-refractivity contribution in [1.82, 2.24) is 0 Å². The van der Waals surface area contributed by atoms with E-state index in [1.807, 2.05) is 25.1 Å². The summed E-state index contributed by atoms with van der Waals surface area (Å²) in [6, 6.07) is 21.2. The largest absolute Gasteiger partial charge is 0.497 e. The minimum absolute atomic E-state index is 0.117. The van der Waals surface area contributed by atoms with Crippen molar-refractivity contribution in [2.75, 3.05) is 7.11 Å². The summed E-state index contributed by atoms with van der Waals surface area (Å²) >= 11 is 0. The van der Waals surface area contributed by atoms with Crippen LogP contribution in [0.15, 0.2) is 78.9 Å². The van der Waals surface area contributed by atoms with Gasteiger partial charge >= 0.3 is 5.97 Å². The van der Waals surface area contributed by atoms with Crippen LogP contribution in [0.25, 0.3) is 6.08 Å². The molecule has 3 rings (SSSR count). The second-order valence-corrected chi connectivity index (χ2v) is 6.22. The number of ketones is 1.